The van der Waals surface area contributed by atoms with Gasteiger partial charge in [-0.25, -0.2) is 0 Å². The summed E-state index contributed by atoms with van der Waals surface area (Å²) < 4.78 is 7.02. The van der Waals surface area contributed by atoms with Gasteiger partial charge in [0.15, 0.2) is 5.82 Å². The van der Waals surface area contributed by atoms with Crippen molar-refractivity contribution in [2.24, 2.45) is 0 Å². The Hall–Kier alpha value is -2.68. The summed E-state index contributed by atoms with van der Waals surface area (Å²) in [6.07, 6.45) is 0. The van der Waals surface area contributed by atoms with E-state index in [1.165, 1.54) is 0 Å². The van der Waals surface area contributed by atoms with Crippen molar-refractivity contribution in [3.05, 3.63) is 63.9 Å². The molecule has 3 aromatic rings. The minimum Gasteiger partial charge on any atom is -0.496 e. The van der Waals surface area contributed by atoms with Gasteiger partial charge in [-0.2, -0.15) is 4.68 Å². The Kier molecular flexibility index (Phi) is 6.17. The van der Waals surface area contributed by atoms with E-state index in [9.17, 15) is 4.79 Å². The van der Waals surface area contributed by atoms with Gasteiger partial charge in [-0.1, -0.05) is 23.2 Å². The summed E-state index contributed by atoms with van der Waals surface area (Å²) in [5.41, 5.74) is 1.33. The van der Waals surface area contributed by atoms with Gasteiger partial charge in [0.25, 0.3) is 5.91 Å². The molecule has 2 heterocycles. The monoisotopic (exact) mass is 446 g/mol. The van der Waals surface area contributed by atoms with Gasteiger partial charge in [0.2, 0.25) is 0 Å². The number of carbonyl (C=O) groups excluding carboxylic acids is 1. The zero-order valence-corrected chi connectivity index (χ0v) is 17.8. The van der Waals surface area contributed by atoms with Crippen molar-refractivity contribution in [3.63, 3.8) is 0 Å². The van der Waals surface area contributed by atoms with E-state index in [4.69, 9.17) is 27.9 Å². The number of piperazine rings is 1. The van der Waals surface area contributed by atoms with Crippen LogP contribution in [0.4, 0.5) is 0 Å². The first-order valence-electron chi connectivity index (χ1n) is 9.43. The van der Waals surface area contributed by atoms with Crippen LogP contribution in [-0.4, -0.2) is 69.2 Å². The molecule has 0 saturated carbocycles. The molecule has 0 aliphatic carbocycles. The van der Waals surface area contributed by atoms with Crippen LogP contribution in [0.3, 0.4) is 0 Å². The van der Waals surface area contributed by atoms with E-state index in [0.717, 1.165) is 11.5 Å². The molecule has 1 amide bonds. The minimum absolute atomic E-state index is 0.0833. The van der Waals surface area contributed by atoms with E-state index >= 15 is 0 Å². The van der Waals surface area contributed by atoms with Crippen LogP contribution in [0.1, 0.15) is 16.2 Å². The summed E-state index contributed by atoms with van der Waals surface area (Å²) in [7, 11) is 1.54. The van der Waals surface area contributed by atoms with Crippen molar-refractivity contribution in [2.45, 2.75) is 6.54 Å². The van der Waals surface area contributed by atoms with Crippen LogP contribution in [0.15, 0.2) is 42.5 Å². The molecule has 1 saturated heterocycles. The summed E-state index contributed by atoms with van der Waals surface area (Å²) in [6.45, 7) is 3.19. The van der Waals surface area contributed by atoms with Crippen LogP contribution in [0.2, 0.25) is 10.0 Å². The molecule has 0 bridgehead atoms. The molecule has 4 rings (SSSR count). The van der Waals surface area contributed by atoms with Crippen molar-refractivity contribution in [3.8, 4) is 11.4 Å². The smallest absolute Gasteiger partial charge is 0.257 e. The van der Waals surface area contributed by atoms with E-state index in [-0.39, 0.29) is 5.91 Å². The predicted octanol–water partition coefficient (Wildman–Crippen LogP) is 2.94. The number of methoxy groups -OCH3 is 1. The van der Waals surface area contributed by atoms with Gasteiger partial charge in [0.05, 0.1) is 24.9 Å². The van der Waals surface area contributed by atoms with E-state index < -0.39 is 0 Å². The average Bonchev–Trinajstić information content (AvgIpc) is 3.22. The number of hydrogen-bond donors (Lipinski definition) is 0. The fourth-order valence-electron chi connectivity index (χ4n) is 3.41. The summed E-state index contributed by atoms with van der Waals surface area (Å²) in [6, 6.07) is 12.4. The number of amides is 1. The maximum atomic E-state index is 12.9. The fourth-order valence-corrected chi connectivity index (χ4v) is 3.71. The second-order valence-corrected chi connectivity index (χ2v) is 7.77. The standard InChI is InChI=1S/C20H20Cl2N6O2/c1-30-18-7-4-15(22)12-17(18)20(29)27-10-8-26(9-11-27)13-19-23-24-25-28(19)16-5-2-14(21)3-6-16/h2-7,12H,8-11,13H2,1H3. The Balaban J connectivity index is 1.40. The van der Waals surface area contributed by atoms with Gasteiger partial charge in [-0.15, -0.1) is 5.10 Å². The normalized spacial score (nSPS) is 14.7. The molecule has 0 radical (unpaired) electrons. The number of rotatable bonds is 5. The van der Waals surface area contributed by atoms with E-state index in [1.807, 2.05) is 17.0 Å². The average molecular weight is 447 g/mol. The van der Waals surface area contributed by atoms with Crippen LogP contribution in [0.25, 0.3) is 5.69 Å². The molecule has 2 aromatic carbocycles. The van der Waals surface area contributed by atoms with Gasteiger partial charge in [-0.3, -0.25) is 9.69 Å². The summed E-state index contributed by atoms with van der Waals surface area (Å²) in [5.74, 6) is 1.17. The lowest BCUT2D eigenvalue weighted by Crippen LogP contribution is -2.48. The molecule has 0 N–H and O–H groups in total. The van der Waals surface area contributed by atoms with Crippen molar-refractivity contribution >= 4 is 29.1 Å². The maximum absolute atomic E-state index is 12.9. The second kappa shape index (κ2) is 8.99. The molecule has 1 aliphatic rings. The highest BCUT2D eigenvalue weighted by Gasteiger charge is 2.25. The summed E-state index contributed by atoms with van der Waals surface area (Å²) in [5, 5.41) is 13.2. The first kappa shape index (κ1) is 20.6. The first-order chi connectivity index (χ1) is 14.5. The zero-order valence-electron chi connectivity index (χ0n) is 16.3. The second-order valence-electron chi connectivity index (χ2n) is 6.90. The quantitative estimate of drug-likeness (QED) is 0.599. The highest BCUT2D eigenvalue weighted by molar-refractivity contribution is 6.31. The molecule has 1 aliphatic heterocycles. The number of hydrogen-bond acceptors (Lipinski definition) is 6. The van der Waals surface area contributed by atoms with Gasteiger partial charge < -0.3 is 9.64 Å². The first-order valence-corrected chi connectivity index (χ1v) is 10.2. The third kappa shape index (κ3) is 4.40. The molecule has 0 unspecified atom stereocenters. The van der Waals surface area contributed by atoms with Gasteiger partial charge in [0.1, 0.15) is 5.75 Å². The number of tetrazole rings is 1. The van der Waals surface area contributed by atoms with E-state index in [2.05, 4.69) is 20.4 Å². The Labute approximate surface area is 183 Å². The summed E-state index contributed by atoms with van der Waals surface area (Å²) >= 11 is 12.0. The van der Waals surface area contributed by atoms with Crippen LogP contribution in [0.5, 0.6) is 5.75 Å². The fraction of sp³-hybridized carbons (Fsp3) is 0.300. The van der Waals surface area contributed by atoms with Gasteiger partial charge in [0, 0.05) is 36.2 Å². The molecular weight excluding hydrogens is 427 g/mol. The topological polar surface area (TPSA) is 76.4 Å². The zero-order chi connectivity index (χ0) is 21.1. The SMILES string of the molecule is COc1ccc(Cl)cc1C(=O)N1CCN(Cc2nnnn2-c2ccc(Cl)cc2)CC1. The Bertz CT molecular complexity index is 1030. The van der Waals surface area contributed by atoms with E-state index in [0.29, 0.717) is 54.1 Å². The van der Waals surface area contributed by atoms with Gasteiger partial charge >= 0.3 is 0 Å². The lowest BCUT2D eigenvalue weighted by Gasteiger charge is -2.34. The van der Waals surface area contributed by atoms with Crippen LogP contribution in [-0.2, 0) is 6.54 Å². The lowest BCUT2D eigenvalue weighted by molar-refractivity contribution is 0.0621. The Morgan fingerprint density at radius 3 is 2.43 bits per heavy atom. The number of carbonyl (C=O) groups is 1. The molecule has 156 valence electrons. The molecular formula is C20H20Cl2N6O2. The molecule has 8 nitrogen and oxygen atoms in total. The number of halogens is 2. The maximum Gasteiger partial charge on any atom is 0.257 e. The van der Waals surface area contributed by atoms with E-state index in [1.54, 1.807) is 42.1 Å². The number of nitrogens with zero attached hydrogens (tertiary/aromatic N) is 6. The lowest BCUT2D eigenvalue weighted by atomic mass is 10.1. The number of ether oxygens (including phenoxy) is 1. The minimum atomic E-state index is -0.0833. The Morgan fingerprint density at radius 2 is 1.73 bits per heavy atom. The number of benzene rings is 2. The van der Waals surface area contributed by atoms with Crippen LogP contribution in [0, 0.1) is 0 Å². The highest BCUT2D eigenvalue weighted by atomic mass is 35.5. The van der Waals surface area contributed by atoms with Crippen LogP contribution >= 0.6 is 23.2 Å². The molecule has 0 spiro atoms. The van der Waals surface area contributed by atoms with Crippen molar-refractivity contribution in [1.82, 2.24) is 30.0 Å². The number of aromatic nitrogens is 4. The molecule has 10 heteroatoms. The highest BCUT2D eigenvalue weighted by Crippen LogP contribution is 2.24. The van der Waals surface area contributed by atoms with Crippen LogP contribution < -0.4 is 4.74 Å². The Morgan fingerprint density at radius 1 is 1.03 bits per heavy atom. The molecule has 1 aromatic heterocycles. The molecule has 0 atom stereocenters. The third-order valence-electron chi connectivity index (χ3n) is 5.02. The van der Waals surface area contributed by atoms with Crippen molar-refractivity contribution in [2.75, 3.05) is 33.3 Å². The van der Waals surface area contributed by atoms with Gasteiger partial charge in [-0.05, 0) is 52.9 Å². The van der Waals surface area contributed by atoms with Crippen molar-refractivity contribution < 1.29 is 9.53 Å². The predicted molar refractivity (Wildman–Crippen MR) is 113 cm³/mol. The molecule has 30 heavy (non-hydrogen) atoms. The largest absolute Gasteiger partial charge is 0.496 e. The third-order valence-corrected chi connectivity index (χ3v) is 5.51. The van der Waals surface area contributed by atoms with Crippen molar-refractivity contribution in [1.29, 1.82) is 0 Å². The molecule has 1 fully saturated rings. The summed E-state index contributed by atoms with van der Waals surface area (Å²) in [4.78, 5) is 17.0.